The molecule has 0 spiro atoms. The summed E-state index contributed by atoms with van der Waals surface area (Å²) in [6.45, 7) is 10.7. The van der Waals surface area contributed by atoms with Crippen molar-refractivity contribution in [2.75, 3.05) is 6.54 Å². The molecular weight excluding hydrogens is 214 g/mol. The van der Waals surface area contributed by atoms with Gasteiger partial charge in [-0.1, -0.05) is 5.16 Å². The molecule has 0 aliphatic heterocycles. The zero-order valence-corrected chi connectivity index (χ0v) is 11.3. The first-order valence-electron chi connectivity index (χ1n) is 5.95. The van der Waals surface area contributed by atoms with Gasteiger partial charge in [0.1, 0.15) is 5.76 Å². The van der Waals surface area contributed by atoms with E-state index in [1.54, 1.807) is 0 Å². The maximum absolute atomic E-state index is 8.93. The van der Waals surface area contributed by atoms with Gasteiger partial charge in [-0.15, -0.1) is 0 Å². The highest BCUT2D eigenvalue weighted by molar-refractivity contribution is 5.24. The van der Waals surface area contributed by atoms with Crippen LogP contribution in [0.2, 0.25) is 0 Å². The van der Waals surface area contributed by atoms with Crippen LogP contribution in [0.1, 0.15) is 50.3 Å². The lowest BCUT2D eigenvalue weighted by Crippen LogP contribution is -2.24. The molecule has 0 amide bonds. The predicted molar refractivity (Wildman–Crippen MR) is 66.4 cm³/mol. The summed E-state index contributed by atoms with van der Waals surface area (Å²) in [5.41, 5.74) is 1.78. The van der Waals surface area contributed by atoms with E-state index in [0.29, 0.717) is 0 Å². The molecule has 1 aromatic heterocycles. The first-order valence-corrected chi connectivity index (χ1v) is 5.95. The van der Waals surface area contributed by atoms with Crippen LogP contribution in [0.5, 0.6) is 0 Å². The van der Waals surface area contributed by atoms with E-state index in [9.17, 15) is 0 Å². The second-order valence-electron chi connectivity index (χ2n) is 5.16. The van der Waals surface area contributed by atoms with Crippen LogP contribution in [0, 0.1) is 30.6 Å². The average molecular weight is 235 g/mol. The lowest BCUT2D eigenvalue weighted by molar-refractivity contribution is 0.388. The van der Waals surface area contributed by atoms with Crippen molar-refractivity contribution in [1.82, 2.24) is 10.5 Å². The van der Waals surface area contributed by atoms with Gasteiger partial charge >= 0.3 is 0 Å². The molecule has 1 unspecified atom stereocenters. The quantitative estimate of drug-likeness (QED) is 0.852. The highest BCUT2D eigenvalue weighted by Crippen LogP contribution is 2.22. The second-order valence-corrected chi connectivity index (χ2v) is 5.16. The molecule has 4 nitrogen and oxygen atoms in total. The third kappa shape index (κ3) is 3.57. The summed E-state index contributed by atoms with van der Waals surface area (Å²) < 4.78 is 5.14. The largest absolute Gasteiger partial charge is 0.361 e. The van der Waals surface area contributed by atoms with Crippen molar-refractivity contribution in [3.05, 3.63) is 17.0 Å². The average Bonchev–Trinajstić information content (AvgIpc) is 2.58. The molecule has 0 bridgehead atoms. The Balaban J connectivity index is 2.52. The third-order valence-electron chi connectivity index (χ3n) is 3.02. The Labute approximate surface area is 103 Å². The number of hydrogen-bond acceptors (Lipinski definition) is 4. The topological polar surface area (TPSA) is 61.9 Å². The van der Waals surface area contributed by atoms with Gasteiger partial charge in [-0.25, -0.2) is 0 Å². The maximum atomic E-state index is 8.93. The van der Waals surface area contributed by atoms with Gasteiger partial charge in [0.25, 0.3) is 0 Å². The van der Waals surface area contributed by atoms with E-state index in [-0.39, 0.29) is 11.5 Å². The van der Waals surface area contributed by atoms with Crippen LogP contribution in [-0.4, -0.2) is 11.7 Å². The molecule has 1 aromatic rings. The van der Waals surface area contributed by atoms with Crippen molar-refractivity contribution in [2.45, 2.75) is 47.1 Å². The van der Waals surface area contributed by atoms with Gasteiger partial charge in [-0.3, -0.25) is 0 Å². The van der Waals surface area contributed by atoms with Crippen LogP contribution < -0.4 is 5.32 Å². The fourth-order valence-corrected chi connectivity index (χ4v) is 1.87. The number of rotatable bonds is 5. The molecule has 0 saturated carbocycles. The molecule has 4 heteroatoms. The van der Waals surface area contributed by atoms with Gasteiger partial charge < -0.3 is 9.84 Å². The zero-order valence-electron chi connectivity index (χ0n) is 11.3. The highest BCUT2D eigenvalue weighted by Gasteiger charge is 2.19. The van der Waals surface area contributed by atoms with Gasteiger partial charge in [-0.05, 0) is 47.6 Å². The van der Waals surface area contributed by atoms with E-state index in [1.807, 2.05) is 27.7 Å². The van der Waals surface area contributed by atoms with E-state index in [0.717, 1.165) is 30.0 Å². The van der Waals surface area contributed by atoms with Gasteiger partial charge in [0, 0.05) is 11.6 Å². The number of hydrogen-bond donors (Lipinski definition) is 1. The van der Waals surface area contributed by atoms with Crippen LogP contribution in [0.4, 0.5) is 0 Å². The molecule has 0 fully saturated rings. The standard InChI is InChI=1S/C13H21N3O/c1-9(12-10(2)16-17-11(12)3)15-7-6-13(4,5)8-14/h9,15H,6-7H2,1-5H3. The number of aryl methyl sites for hydroxylation is 2. The molecular formula is C13H21N3O. The summed E-state index contributed by atoms with van der Waals surface area (Å²) in [6, 6.07) is 2.51. The fraction of sp³-hybridized carbons (Fsp3) is 0.692. The highest BCUT2D eigenvalue weighted by atomic mass is 16.5. The molecule has 1 N–H and O–H groups in total. The van der Waals surface area contributed by atoms with Crippen molar-refractivity contribution in [3.63, 3.8) is 0 Å². The lowest BCUT2D eigenvalue weighted by Gasteiger charge is -2.18. The summed E-state index contributed by atoms with van der Waals surface area (Å²) in [7, 11) is 0. The smallest absolute Gasteiger partial charge is 0.138 e. The monoisotopic (exact) mass is 235 g/mol. The molecule has 1 rings (SSSR count). The van der Waals surface area contributed by atoms with Crippen molar-refractivity contribution >= 4 is 0 Å². The molecule has 0 saturated heterocycles. The molecule has 0 aromatic carbocycles. The Morgan fingerprint density at radius 3 is 2.59 bits per heavy atom. The van der Waals surface area contributed by atoms with Crippen LogP contribution in [0.15, 0.2) is 4.52 Å². The first kappa shape index (κ1) is 13.7. The van der Waals surface area contributed by atoms with E-state index < -0.39 is 0 Å². The summed E-state index contributed by atoms with van der Waals surface area (Å²) in [5.74, 6) is 0.863. The van der Waals surface area contributed by atoms with Crippen LogP contribution in [0.25, 0.3) is 0 Å². The van der Waals surface area contributed by atoms with Gasteiger partial charge in [0.05, 0.1) is 17.2 Å². The minimum atomic E-state index is -0.272. The van der Waals surface area contributed by atoms with Gasteiger partial charge in [-0.2, -0.15) is 5.26 Å². The normalized spacial score (nSPS) is 13.4. The molecule has 0 aliphatic rings. The first-order chi connectivity index (χ1) is 7.87. The van der Waals surface area contributed by atoms with Crippen LogP contribution in [-0.2, 0) is 0 Å². The van der Waals surface area contributed by atoms with E-state index >= 15 is 0 Å². The lowest BCUT2D eigenvalue weighted by atomic mass is 9.91. The predicted octanol–water partition coefficient (Wildman–Crippen LogP) is 2.88. The molecule has 17 heavy (non-hydrogen) atoms. The Morgan fingerprint density at radius 1 is 1.47 bits per heavy atom. The van der Waals surface area contributed by atoms with Crippen molar-refractivity contribution in [1.29, 1.82) is 5.26 Å². The summed E-state index contributed by atoms with van der Waals surface area (Å²) in [4.78, 5) is 0. The molecule has 94 valence electrons. The number of nitrogens with zero attached hydrogens (tertiary/aromatic N) is 2. The molecule has 1 atom stereocenters. The Hall–Kier alpha value is -1.34. The minimum absolute atomic E-state index is 0.204. The molecule has 1 heterocycles. The minimum Gasteiger partial charge on any atom is -0.361 e. The van der Waals surface area contributed by atoms with Crippen molar-refractivity contribution in [3.8, 4) is 6.07 Å². The van der Waals surface area contributed by atoms with Gasteiger partial charge in [0.2, 0.25) is 0 Å². The van der Waals surface area contributed by atoms with E-state index in [2.05, 4.69) is 23.5 Å². The Bertz CT molecular complexity index is 395. The maximum Gasteiger partial charge on any atom is 0.138 e. The molecule has 0 aliphatic carbocycles. The third-order valence-corrected chi connectivity index (χ3v) is 3.02. The SMILES string of the molecule is Cc1noc(C)c1C(C)NCCC(C)(C)C#N. The van der Waals surface area contributed by atoms with Crippen molar-refractivity contribution in [2.24, 2.45) is 5.41 Å². The van der Waals surface area contributed by atoms with E-state index in [1.165, 1.54) is 0 Å². The Morgan fingerprint density at radius 2 is 2.12 bits per heavy atom. The number of nitriles is 1. The van der Waals surface area contributed by atoms with Crippen molar-refractivity contribution < 1.29 is 4.52 Å². The summed E-state index contributed by atoms with van der Waals surface area (Å²) in [6.07, 6.45) is 0.831. The molecule has 0 radical (unpaired) electrons. The zero-order chi connectivity index (χ0) is 13.1. The van der Waals surface area contributed by atoms with Gasteiger partial charge in [0.15, 0.2) is 0 Å². The van der Waals surface area contributed by atoms with E-state index in [4.69, 9.17) is 9.78 Å². The van der Waals surface area contributed by atoms with Crippen LogP contribution in [0.3, 0.4) is 0 Å². The Kier molecular flexibility index (Phi) is 4.30. The van der Waals surface area contributed by atoms with Crippen LogP contribution >= 0.6 is 0 Å². The number of nitrogens with one attached hydrogen (secondary N) is 1. The number of aromatic nitrogens is 1. The fourth-order valence-electron chi connectivity index (χ4n) is 1.87. The second kappa shape index (κ2) is 5.33. The summed E-state index contributed by atoms with van der Waals surface area (Å²) in [5, 5.41) is 16.3. The summed E-state index contributed by atoms with van der Waals surface area (Å²) >= 11 is 0.